The first-order valence-corrected chi connectivity index (χ1v) is 7.55. The van der Waals surface area contributed by atoms with Crippen LogP contribution in [0.4, 0.5) is 4.79 Å². The van der Waals surface area contributed by atoms with Gasteiger partial charge in [0.25, 0.3) is 0 Å². The van der Waals surface area contributed by atoms with Gasteiger partial charge in [0.1, 0.15) is 0 Å². The Balaban J connectivity index is 2.49. The Labute approximate surface area is 129 Å². The second kappa shape index (κ2) is 7.64. The van der Waals surface area contributed by atoms with E-state index in [9.17, 15) is 4.79 Å². The van der Waals surface area contributed by atoms with Crippen LogP contribution < -0.4 is 10.6 Å². The second-order valence-electron chi connectivity index (χ2n) is 5.71. The highest BCUT2D eigenvalue weighted by atomic mass is 79.9. The number of halogens is 1. The Bertz CT molecular complexity index is 449. The van der Waals surface area contributed by atoms with Gasteiger partial charge in [0.05, 0.1) is 6.04 Å². The van der Waals surface area contributed by atoms with Gasteiger partial charge in [0.15, 0.2) is 0 Å². The summed E-state index contributed by atoms with van der Waals surface area (Å²) in [4.78, 5) is 11.9. The number of carbonyl (C=O) groups excluding carboxylic acids is 1. The summed E-state index contributed by atoms with van der Waals surface area (Å²) in [5.41, 5.74) is 0.931. The first kappa shape index (κ1) is 17.0. The van der Waals surface area contributed by atoms with Crippen LogP contribution in [0, 0.1) is 5.41 Å². The highest BCUT2D eigenvalue weighted by molar-refractivity contribution is 9.10. The summed E-state index contributed by atoms with van der Waals surface area (Å²) in [5.74, 6) is 0. The molecule has 0 aliphatic carbocycles. The smallest absolute Gasteiger partial charge is 0.315 e. The minimum atomic E-state index is -0.195. The normalized spacial score (nSPS) is 12.8. The summed E-state index contributed by atoms with van der Waals surface area (Å²) in [6, 6.07) is 7.55. The number of carbonyl (C=O) groups is 1. The van der Waals surface area contributed by atoms with Crippen LogP contribution in [0.5, 0.6) is 0 Å². The predicted molar refractivity (Wildman–Crippen MR) is 84.6 cm³/mol. The van der Waals surface area contributed by atoms with E-state index in [4.69, 9.17) is 5.11 Å². The van der Waals surface area contributed by atoms with Gasteiger partial charge in [0.2, 0.25) is 0 Å². The minimum absolute atomic E-state index is 0.0773. The minimum Gasteiger partial charge on any atom is -0.396 e. The van der Waals surface area contributed by atoms with Gasteiger partial charge < -0.3 is 15.7 Å². The van der Waals surface area contributed by atoms with E-state index in [0.29, 0.717) is 13.0 Å². The molecule has 0 spiro atoms. The maximum atomic E-state index is 11.9. The van der Waals surface area contributed by atoms with Gasteiger partial charge >= 0.3 is 6.03 Å². The first-order chi connectivity index (χ1) is 9.35. The van der Waals surface area contributed by atoms with E-state index in [2.05, 4.69) is 26.6 Å². The summed E-state index contributed by atoms with van der Waals surface area (Å²) in [6.07, 6.45) is 0.660. The van der Waals surface area contributed by atoms with Crippen molar-refractivity contribution in [3.8, 4) is 0 Å². The zero-order chi connectivity index (χ0) is 15.2. The number of aliphatic hydroxyl groups excluding tert-OH is 1. The van der Waals surface area contributed by atoms with E-state index in [1.165, 1.54) is 0 Å². The maximum Gasteiger partial charge on any atom is 0.315 e. The van der Waals surface area contributed by atoms with E-state index in [1.807, 2.05) is 45.0 Å². The van der Waals surface area contributed by atoms with Crippen molar-refractivity contribution < 1.29 is 9.90 Å². The Hall–Kier alpha value is -1.07. The molecule has 4 nitrogen and oxygen atoms in total. The molecule has 1 aromatic rings. The third kappa shape index (κ3) is 5.51. The Morgan fingerprint density at radius 3 is 2.65 bits per heavy atom. The lowest BCUT2D eigenvalue weighted by Crippen LogP contribution is -2.41. The quantitative estimate of drug-likeness (QED) is 0.743. The van der Waals surface area contributed by atoms with E-state index < -0.39 is 0 Å². The van der Waals surface area contributed by atoms with Crippen molar-refractivity contribution in [3.05, 3.63) is 34.3 Å². The van der Waals surface area contributed by atoms with Crippen LogP contribution in [0.2, 0.25) is 0 Å². The molecule has 3 N–H and O–H groups in total. The average molecular weight is 343 g/mol. The molecule has 0 fully saturated rings. The number of nitrogens with one attached hydrogen (secondary N) is 2. The van der Waals surface area contributed by atoms with Crippen LogP contribution in [0.3, 0.4) is 0 Å². The standard InChI is InChI=1S/C15H23BrN2O2/c1-11(12-6-4-5-7-13(12)16)18-14(20)17-10-15(2,3)8-9-19/h4-7,11,19H,8-10H2,1-3H3,(H2,17,18,20). The SMILES string of the molecule is CC(NC(=O)NCC(C)(C)CCO)c1ccccc1Br. The van der Waals surface area contributed by atoms with Crippen LogP contribution in [0.1, 0.15) is 38.8 Å². The molecule has 112 valence electrons. The number of benzene rings is 1. The molecule has 1 rings (SSSR count). The Morgan fingerprint density at radius 1 is 1.40 bits per heavy atom. The van der Waals surface area contributed by atoms with Crippen molar-refractivity contribution >= 4 is 22.0 Å². The number of hydrogen-bond donors (Lipinski definition) is 3. The summed E-state index contributed by atoms with van der Waals surface area (Å²) in [5, 5.41) is 14.7. The summed E-state index contributed by atoms with van der Waals surface area (Å²) in [6.45, 7) is 6.63. The van der Waals surface area contributed by atoms with E-state index in [-0.39, 0.29) is 24.1 Å². The van der Waals surface area contributed by atoms with Crippen LogP contribution >= 0.6 is 15.9 Å². The predicted octanol–water partition coefficient (Wildman–Crippen LogP) is 3.22. The third-order valence-electron chi connectivity index (χ3n) is 3.24. The van der Waals surface area contributed by atoms with Gasteiger partial charge in [-0.3, -0.25) is 0 Å². The molecule has 1 unspecified atom stereocenters. The molecule has 0 saturated heterocycles. The van der Waals surface area contributed by atoms with Crippen molar-refractivity contribution in [3.63, 3.8) is 0 Å². The zero-order valence-electron chi connectivity index (χ0n) is 12.2. The van der Waals surface area contributed by atoms with Crippen molar-refractivity contribution in [2.24, 2.45) is 5.41 Å². The molecule has 0 aliphatic rings. The van der Waals surface area contributed by atoms with Crippen LogP contribution in [-0.4, -0.2) is 24.3 Å². The highest BCUT2D eigenvalue weighted by Gasteiger charge is 2.19. The number of aliphatic hydroxyl groups is 1. The fourth-order valence-electron chi connectivity index (χ4n) is 1.86. The van der Waals surface area contributed by atoms with E-state index in [1.54, 1.807) is 0 Å². The highest BCUT2D eigenvalue weighted by Crippen LogP contribution is 2.22. The Morgan fingerprint density at radius 2 is 2.05 bits per heavy atom. The molecule has 0 bridgehead atoms. The molecule has 1 aromatic carbocycles. The molecular formula is C15H23BrN2O2. The topological polar surface area (TPSA) is 61.4 Å². The number of hydrogen-bond acceptors (Lipinski definition) is 2. The molecular weight excluding hydrogens is 320 g/mol. The fourth-order valence-corrected chi connectivity index (χ4v) is 2.49. The molecule has 0 aliphatic heterocycles. The average Bonchev–Trinajstić information content (AvgIpc) is 2.37. The van der Waals surface area contributed by atoms with Gasteiger partial charge in [-0.15, -0.1) is 0 Å². The molecule has 0 saturated carbocycles. The van der Waals surface area contributed by atoms with Gasteiger partial charge in [-0.1, -0.05) is 48.0 Å². The van der Waals surface area contributed by atoms with Crippen molar-refractivity contribution in [2.75, 3.05) is 13.2 Å². The van der Waals surface area contributed by atoms with E-state index >= 15 is 0 Å². The number of urea groups is 1. The lowest BCUT2D eigenvalue weighted by molar-refractivity contribution is 0.200. The first-order valence-electron chi connectivity index (χ1n) is 6.75. The van der Waals surface area contributed by atoms with Gasteiger partial charge in [-0.05, 0) is 30.4 Å². The van der Waals surface area contributed by atoms with Crippen molar-refractivity contribution in [2.45, 2.75) is 33.2 Å². The summed E-state index contributed by atoms with van der Waals surface area (Å²) in [7, 11) is 0. The zero-order valence-corrected chi connectivity index (χ0v) is 13.8. The monoisotopic (exact) mass is 342 g/mol. The second-order valence-corrected chi connectivity index (χ2v) is 6.56. The lowest BCUT2D eigenvalue weighted by atomic mass is 9.90. The Kier molecular flexibility index (Phi) is 6.49. The molecule has 20 heavy (non-hydrogen) atoms. The van der Waals surface area contributed by atoms with Crippen LogP contribution in [0.25, 0.3) is 0 Å². The molecule has 0 heterocycles. The summed E-state index contributed by atoms with van der Waals surface area (Å²) >= 11 is 3.48. The van der Waals surface area contributed by atoms with Gasteiger partial charge in [-0.2, -0.15) is 0 Å². The van der Waals surface area contributed by atoms with Gasteiger partial charge in [0, 0.05) is 17.6 Å². The maximum absolute atomic E-state index is 11.9. The van der Waals surface area contributed by atoms with Crippen molar-refractivity contribution in [1.29, 1.82) is 0 Å². The van der Waals surface area contributed by atoms with Gasteiger partial charge in [-0.25, -0.2) is 4.79 Å². The number of rotatable bonds is 6. The molecule has 0 aromatic heterocycles. The lowest BCUT2D eigenvalue weighted by Gasteiger charge is -2.24. The van der Waals surface area contributed by atoms with Crippen molar-refractivity contribution in [1.82, 2.24) is 10.6 Å². The summed E-state index contributed by atoms with van der Waals surface area (Å²) < 4.78 is 0.980. The van der Waals surface area contributed by atoms with Crippen LogP contribution in [0.15, 0.2) is 28.7 Å². The number of amides is 2. The van der Waals surface area contributed by atoms with Crippen LogP contribution in [-0.2, 0) is 0 Å². The molecule has 1 atom stereocenters. The van der Waals surface area contributed by atoms with E-state index in [0.717, 1.165) is 10.0 Å². The fraction of sp³-hybridized carbons (Fsp3) is 0.533. The molecule has 2 amide bonds. The molecule has 0 radical (unpaired) electrons. The largest absolute Gasteiger partial charge is 0.396 e. The third-order valence-corrected chi connectivity index (χ3v) is 3.96. The molecule has 5 heteroatoms.